The van der Waals surface area contributed by atoms with E-state index in [1.807, 2.05) is 25.1 Å². The number of aromatic nitrogens is 4. The zero-order chi connectivity index (χ0) is 13.5. The summed E-state index contributed by atoms with van der Waals surface area (Å²) in [6, 6.07) is 9.17. The maximum Gasteiger partial charge on any atom is 0.217 e. The monoisotopic (exact) mass is 266 g/mol. The van der Waals surface area contributed by atoms with Crippen molar-refractivity contribution in [2.75, 3.05) is 0 Å². The van der Waals surface area contributed by atoms with Crippen LogP contribution in [-0.2, 0) is 0 Å². The highest BCUT2D eigenvalue weighted by molar-refractivity contribution is 5.57. The Kier molecular flexibility index (Phi) is 2.23. The molecule has 98 valence electrons. The van der Waals surface area contributed by atoms with E-state index >= 15 is 0 Å². The van der Waals surface area contributed by atoms with Crippen LogP contribution in [0.5, 0.6) is 0 Å². The van der Waals surface area contributed by atoms with Crippen molar-refractivity contribution in [1.29, 1.82) is 0 Å². The van der Waals surface area contributed by atoms with Gasteiger partial charge in [-0.15, -0.1) is 5.10 Å². The smallest absolute Gasteiger partial charge is 0.217 e. The number of aryl methyl sites for hydroxylation is 1. The lowest BCUT2D eigenvalue weighted by Crippen LogP contribution is -1.96. The van der Waals surface area contributed by atoms with E-state index in [0.717, 1.165) is 5.76 Å². The first-order chi connectivity index (χ1) is 9.81. The standard InChI is InChI=1S/C14H10N4O2/c1-9-4-5-11(20-9)14-15-7-6-12-16-13(17-18(12)14)10-3-2-8-19-10/h2-8H,1H3. The van der Waals surface area contributed by atoms with E-state index in [1.54, 1.807) is 29.1 Å². The third-order valence-electron chi connectivity index (χ3n) is 2.96. The molecule has 0 aliphatic heterocycles. The van der Waals surface area contributed by atoms with Gasteiger partial charge in [-0.25, -0.2) is 9.97 Å². The summed E-state index contributed by atoms with van der Waals surface area (Å²) in [7, 11) is 0. The molecule has 0 amide bonds. The topological polar surface area (TPSA) is 69.4 Å². The molecular formula is C14H10N4O2. The molecular weight excluding hydrogens is 256 g/mol. The van der Waals surface area contributed by atoms with Gasteiger partial charge in [-0.2, -0.15) is 4.52 Å². The molecule has 0 atom stereocenters. The molecule has 20 heavy (non-hydrogen) atoms. The average Bonchev–Trinajstić information content (AvgIpc) is 3.17. The Balaban J connectivity index is 1.94. The zero-order valence-electron chi connectivity index (χ0n) is 10.6. The molecule has 4 rings (SSSR count). The molecule has 4 aromatic rings. The van der Waals surface area contributed by atoms with Crippen molar-refractivity contribution in [3.05, 3.63) is 48.6 Å². The maximum absolute atomic E-state index is 5.60. The van der Waals surface area contributed by atoms with Gasteiger partial charge < -0.3 is 8.83 Å². The minimum atomic E-state index is 0.521. The van der Waals surface area contributed by atoms with Crippen LogP contribution in [0.25, 0.3) is 28.8 Å². The summed E-state index contributed by atoms with van der Waals surface area (Å²) in [6.45, 7) is 1.89. The molecule has 0 aromatic carbocycles. The number of hydrogen-bond acceptors (Lipinski definition) is 5. The van der Waals surface area contributed by atoms with Gasteiger partial charge in [-0.3, -0.25) is 0 Å². The third-order valence-corrected chi connectivity index (χ3v) is 2.96. The first-order valence-corrected chi connectivity index (χ1v) is 6.14. The van der Waals surface area contributed by atoms with Crippen molar-refractivity contribution < 1.29 is 8.83 Å². The molecule has 0 radical (unpaired) electrons. The van der Waals surface area contributed by atoms with Crippen LogP contribution in [-0.4, -0.2) is 19.6 Å². The van der Waals surface area contributed by atoms with Gasteiger partial charge in [-0.1, -0.05) is 0 Å². The minimum Gasteiger partial charge on any atom is -0.461 e. The summed E-state index contributed by atoms with van der Waals surface area (Å²) in [5.41, 5.74) is 0.690. The Morgan fingerprint density at radius 2 is 2.05 bits per heavy atom. The van der Waals surface area contributed by atoms with Crippen molar-refractivity contribution >= 4 is 5.65 Å². The van der Waals surface area contributed by atoms with Crippen molar-refractivity contribution in [2.45, 2.75) is 6.92 Å². The minimum absolute atomic E-state index is 0.521. The first-order valence-electron chi connectivity index (χ1n) is 6.14. The lowest BCUT2D eigenvalue weighted by atomic mass is 10.4. The quantitative estimate of drug-likeness (QED) is 0.558. The van der Waals surface area contributed by atoms with Gasteiger partial charge in [0.25, 0.3) is 0 Å². The van der Waals surface area contributed by atoms with Crippen LogP contribution in [0.2, 0.25) is 0 Å². The van der Waals surface area contributed by atoms with Gasteiger partial charge in [-0.05, 0) is 31.2 Å². The highest BCUT2D eigenvalue weighted by Gasteiger charge is 2.14. The Hall–Kier alpha value is -2.89. The molecule has 4 aromatic heterocycles. The molecule has 0 N–H and O–H groups in total. The van der Waals surface area contributed by atoms with E-state index in [9.17, 15) is 0 Å². The van der Waals surface area contributed by atoms with Crippen LogP contribution in [0.3, 0.4) is 0 Å². The molecule has 6 heteroatoms. The summed E-state index contributed by atoms with van der Waals surface area (Å²) < 4.78 is 12.6. The van der Waals surface area contributed by atoms with E-state index in [0.29, 0.717) is 28.8 Å². The predicted molar refractivity (Wildman–Crippen MR) is 70.9 cm³/mol. The Bertz CT molecular complexity index is 874. The lowest BCUT2D eigenvalue weighted by molar-refractivity contribution is 0.541. The Labute approximate surface area is 113 Å². The number of rotatable bonds is 2. The first kappa shape index (κ1) is 11.0. The largest absolute Gasteiger partial charge is 0.461 e. The Morgan fingerprint density at radius 1 is 1.10 bits per heavy atom. The highest BCUT2D eigenvalue weighted by Crippen LogP contribution is 2.22. The van der Waals surface area contributed by atoms with Gasteiger partial charge in [0.1, 0.15) is 5.76 Å². The van der Waals surface area contributed by atoms with Crippen LogP contribution >= 0.6 is 0 Å². The van der Waals surface area contributed by atoms with Gasteiger partial charge >= 0.3 is 0 Å². The molecule has 0 saturated heterocycles. The second-order valence-corrected chi connectivity index (χ2v) is 4.36. The maximum atomic E-state index is 5.60. The normalized spacial score (nSPS) is 11.2. The summed E-state index contributed by atoms with van der Waals surface area (Å²) in [5, 5.41) is 4.43. The van der Waals surface area contributed by atoms with E-state index in [4.69, 9.17) is 8.83 Å². The van der Waals surface area contributed by atoms with Crippen LogP contribution in [0.4, 0.5) is 0 Å². The summed E-state index contributed by atoms with van der Waals surface area (Å²) >= 11 is 0. The molecule has 0 aliphatic carbocycles. The van der Waals surface area contributed by atoms with Crippen LogP contribution in [0, 0.1) is 6.92 Å². The van der Waals surface area contributed by atoms with Crippen molar-refractivity contribution in [3.63, 3.8) is 0 Å². The van der Waals surface area contributed by atoms with E-state index in [-0.39, 0.29) is 0 Å². The number of nitrogens with zero attached hydrogens (tertiary/aromatic N) is 4. The fraction of sp³-hybridized carbons (Fsp3) is 0.0714. The van der Waals surface area contributed by atoms with Crippen molar-refractivity contribution in [1.82, 2.24) is 19.6 Å². The molecule has 0 unspecified atom stereocenters. The lowest BCUT2D eigenvalue weighted by Gasteiger charge is -1.98. The third kappa shape index (κ3) is 1.62. The number of hydrogen-bond donors (Lipinski definition) is 0. The summed E-state index contributed by atoms with van der Waals surface area (Å²) in [6.07, 6.45) is 3.28. The summed E-state index contributed by atoms with van der Waals surface area (Å²) in [5.74, 6) is 3.23. The number of furan rings is 2. The molecule has 0 aliphatic rings. The number of fused-ring (bicyclic) bond motifs is 1. The molecule has 0 saturated carbocycles. The molecule has 0 bridgehead atoms. The molecule has 4 heterocycles. The molecule has 0 fully saturated rings. The molecule has 6 nitrogen and oxygen atoms in total. The van der Waals surface area contributed by atoms with Gasteiger partial charge in [0.15, 0.2) is 23.0 Å². The highest BCUT2D eigenvalue weighted by atomic mass is 16.3. The predicted octanol–water partition coefficient (Wildman–Crippen LogP) is 2.95. The Morgan fingerprint density at radius 3 is 2.80 bits per heavy atom. The second-order valence-electron chi connectivity index (χ2n) is 4.36. The second kappa shape index (κ2) is 4.06. The van der Waals surface area contributed by atoms with Crippen molar-refractivity contribution in [2.24, 2.45) is 0 Å². The van der Waals surface area contributed by atoms with Crippen LogP contribution in [0.15, 0.2) is 51.6 Å². The van der Waals surface area contributed by atoms with Gasteiger partial charge in [0, 0.05) is 12.3 Å². The van der Waals surface area contributed by atoms with Gasteiger partial charge in [0.2, 0.25) is 5.82 Å². The van der Waals surface area contributed by atoms with Crippen molar-refractivity contribution in [3.8, 4) is 23.2 Å². The van der Waals surface area contributed by atoms with E-state index in [2.05, 4.69) is 15.1 Å². The zero-order valence-corrected chi connectivity index (χ0v) is 10.6. The SMILES string of the molecule is Cc1ccc(-c2nccc3nc(-c4ccco4)nn23)o1. The van der Waals surface area contributed by atoms with E-state index < -0.39 is 0 Å². The average molecular weight is 266 g/mol. The molecule has 0 spiro atoms. The van der Waals surface area contributed by atoms with Crippen LogP contribution < -0.4 is 0 Å². The van der Waals surface area contributed by atoms with E-state index in [1.165, 1.54) is 0 Å². The van der Waals surface area contributed by atoms with Crippen LogP contribution in [0.1, 0.15) is 5.76 Å². The fourth-order valence-corrected chi connectivity index (χ4v) is 2.05. The fourth-order valence-electron chi connectivity index (χ4n) is 2.05. The summed E-state index contributed by atoms with van der Waals surface area (Å²) in [4.78, 5) is 8.75. The van der Waals surface area contributed by atoms with Gasteiger partial charge in [0.05, 0.1) is 6.26 Å².